The second-order valence-electron chi connectivity index (χ2n) is 8.57. The maximum absolute atomic E-state index is 13.7. The molecule has 184 valence electrons. The molecule has 1 unspecified atom stereocenters. The Bertz CT molecular complexity index is 1290. The number of nitrogens with two attached hydrogens (primary N) is 1. The van der Waals surface area contributed by atoms with Crippen molar-refractivity contribution in [2.75, 3.05) is 32.1 Å². The Hall–Kier alpha value is -3.54. The van der Waals surface area contributed by atoms with Crippen LogP contribution >= 0.6 is 0 Å². The number of aryl methyl sites for hydroxylation is 1. The fourth-order valence-electron chi connectivity index (χ4n) is 3.90. The molecule has 1 aromatic carbocycles. The molecule has 0 aliphatic carbocycles. The van der Waals surface area contributed by atoms with Gasteiger partial charge >= 0.3 is 5.69 Å². The number of fused-ring (bicyclic) bond motifs is 1. The Morgan fingerprint density at radius 1 is 1.15 bits per heavy atom. The Morgan fingerprint density at radius 2 is 1.76 bits per heavy atom. The van der Waals surface area contributed by atoms with Crippen molar-refractivity contribution in [2.45, 2.75) is 25.4 Å². The van der Waals surface area contributed by atoms with Crippen molar-refractivity contribution in [3.05, 3.63) is 56.2 Å². The van der Waals surface area contributed by atoms with E-state index in [1.54, 1.807) is 18.7 Å². The summed E-state index contributed by atoms with van der Waals surface area (Å²) in [4.78, 5) is 42.6. The lowest BCUT2D eigenvalue weighted by molar-refractivity contribution is -0.115. The normalized spacial score (nSPS) is 15.7. The first-order chi connectivity index (χ1) is 16.0. The molecular weight excluding hydrogens is 448 g/mol. The van der Waals surface area contributed by atoms with E-state index in [9.17, 15) is 23.2 Å². The van der Waals surface area contributed by atoms with Gasteiger partial charge in [0.2, 0.25) is 12.4 Å². The third kappa shape index (κ3) is 5.16. The molecule has 0 bridgehead atoms. The monoisotopic (exact) mass is 477 g/mol. The van der Waals surface area contributed by atoms with Crippen LogP contribution in [-0.4, -0.2) is 63.2 Å². The number of piperidine rings is 1. The van der Waals surface area contributed by atoms with Crippen molar-refractivity contribution >= 4 is 23.5 Å². The maximum atomic E-state index is 13.7. The van der Waals surface area contributed by atoms with E-state index in [0.29, 0.717) is 24.6 Å². The highest BCUT2D eigenvalue weighted by Gasteiger charge is 2.26. The van der Waals surface area contributed by atoms with E-state index in [-0.39, 0.29) is 23.8 Å². The van der Waals surface area contributed by atoms with E-state index in [2.05, 4.69) is 4.98 Å². The summed E-state index contributed by atoms with van der Waals surface area (Å²) in [6, 6.07) is 3.18. The zero-order valence-electron chi connectivity index (χ0n) is 19.7. The van der Waals surface area contributed by atoms with Crippen LogP contribution in [0.3, 0.4) is 0 Å². The smallest absolute Gasteiger partial charge is 0.332 e. The van der Waals surface area contributed by atoms with Gasteiger partial charge in [-0.05, 0) is 30.5 Å². The third-order valence-electron chi connectivity index (χ3n) is 5.54. The summed E-state index contributed by atoms with van der Waals surface area (Å²) in [6.07, 6.45) is 2.49. The van der Waals surface area contributed by atoms with Crippen molar-refractivity contribution in [3.8, 4) is 0 Å². The molecule has 2 aromatic heterocycles. The number of hydrogen-bond acceptors (Lipinski definition) is 6. The molecule has 0 radical (unpaired) electrons. The first kappa shape index (κ1) is 25.1. The van der Waals surface area contributed by atoms with Gasteiger partial charge in [-0.15, -0.1) is 0 Å². The minimum Gasteiger partial charge on any atom is -0.351 e. The number of carbonyl (C=O) groups excluding carboxylic acids is 1. The predicted molar refractivity (Wildman–Crippen MR) is 125 cm³/mol. The van der Waals surface area contributed by atoms with E-state index in [1.807, 2.05) is 4.90 Å². The standard InChI is InChI=1S/C19H22F2N6O2.C3H7NO/c1-24-16-15(17(28)25(2)19(24)29)27(9-11-6-12(20)8-13(21)7-11)18(23-16)26-5-3-4-14(22)10-26;1-4(2)3-5/h6-8,14H,3-5,9-10,22H2,1-2H3;3H,1-2H3. The van der Waals surface area contributed by atoms with Gasteiger partial charge in [-0.1, -0.05) is 0 Å². The van der Waals surface area contributed by atoms with Crippen molar-refractivity contribution < 1.29 is 13.6 Å². The van der Waals surface area contributed by atoms with Crippen LogP contribution in [0.15, 0.2) is 27.8 Å². The highest BCUT2D eigenvalue weighted by molar-refractivity contribution is 5.75. The van der Waals surface area contributed by atoms with E-state index >= 15 is 0 Å². The lowest BCUT2D eigenvalue weighted by Crippen LogP contribution is -2.44. The number of carbonyl (C=O) groups is 1. The SMILES string of the molecule is CN(C)C=O.Cn1c(=O)c2c(nc(N3CCCC(N)C3)n2Cc2cc(F)cc(F)c2)n(C)c1=O. The highest BCUT2D eigenvalue weighted by Crippen LogP contribution is 2.24. The fourth-order valence-corrected chi connectivity index (χ4v) is 3.90. The van der Waals surface area contributed by atoms with E-state index in [1.165, 1.54) is 35.7 Å². The molecule has 1 aliphatic rings. The molecule has 1 aliphatic heterocycles. The van der Waals surface area contributed by atoms with Crippen LogP contribution < -0.4 is 21.9 Å². The summed E-state index contributed by atoms with van der Waals surface area (Å²) < 4.78 is 31.4. The average Bonchev–Trinajstić information content (AvgIpc) is 3.15. The summed E-state index contributed by atoms with van der Waals surface area (Å²) in [5.41, 5.74) is 5.88. The van der Waals surface area contributed by atoms with Gasteiger partial charge in [0.1, 0.15) is 11.6 Å². The van der Waals surface area contributed by atoms with Crippen LogP contribution in [0.1, 0.15) is 18.4 Å². The lowest BCUT2D eigenvalue weighted by Gasteiger charge is -2.31. The zero-order valence-corrected chi connectivity index (χ0v) is 19.7. The van der Waals surface area contributed by atoms with Gasteiger partial charge in [0.25, 0.3) is 5.56 Å². The fraction of sp³-hybridized carbons (Fsp3) is 0.455. The van der Waals surface area contributed by atoms with Crippen LogP contribution in [-0.2, 0) is 25.4 Å². The average molecular weight is 478 g/mol. The molecule has 1 saturated heterocycles. The van der Waals surface area contributed by atoms with Gasteiger partial charge < -0.3 is 15.5 Å². The van der Waals surface area contributed by atoms with Gasteiger partial charge in [-0.3, -0.25) is 23.3 Å². The van der Waals surface area contributed by atoms with E-state index in [4.69, 9.17) is 5.73 Å². The summed E-state index contributed by atoms with van der Waals surface area (Å²) in [7, 11) is 6.30. The Balaban J connectivity index is 0.000000588. The van der Waals surface area contributed by atoms with Gasteiger partial charge in [0.05, 0.1) is 6.54 Å². The molecule has 4 rings (SSSR count). The Labute approximate surface area is 194 Å². The number of imidazole rings is 1. The van der Waals surface area contributed by atoms with Gasteiger partial charge in [-0.25, -0.2) is 13.6 Å². The van der Waals surface area contributed by atoms with Gasteiger partial charge in [0, 0.05) is 53.4 Å². The number of rotatable bonds is 4. The highest BCUT2D eigenvalue weighted by atomic mass is 19.1. The third-order valence-corrected chi connectivity index (χ3v) is 5.54. The summed E-state index contributed by atoms with van der Waals surface area (Å²) in [6.45, 7) is 1.25. The van der Waals surface area contributed by atoms with E-state index in [0.717, 1.165) is 29.9 Å². The molecule has 0 saturated carbocycles. The molecule has 3 aromatic rings. The molecule has 10 nitrogen and oxygen atoms in total. The predicted octanol–water partition coefficient (Wildman–Crippen LogP) is 0.392. The number of halogens is 2. The largest absolute Gasteiger partial charge is 0.351 e. The van der Waals surface area contributed by atoms with Crippen LogP contribution in [0.25, 0.3) is 11.2 Å². The van der Waals surface area contributed by atoms with E-state index < -0.39 is 22.9 Å². The number of benzene rings is 1. The zero-order chi connectivity index (χ0) is 25.2. The van der Waals surface area contributed by atoms with Crippen LogP contribution in [0, 0.1) is 11.6 Å². The van der Waals surface area contributed by atoms with Crippen molar-refractivity contribution in [1.82, 2.24) is 23.6 Å². The number of nitrogens with zero attached hydrogens (tertiary/aromatic N) is 6. The first-order valence-electron chi connectivity index (χ1n) is 10.8. The lowest BCUT2D eigenvalue weighted by atomic mass is 10.1. The molecular formula is C22H29F2N7O3. The molecule has 34 heavy (non-hydrogen) atoms. The molecule has 3 heterocycles. The topological polar surface area (TPSA) is 111 Å². The molecule has 1 fully saturated rings. The summed E-state index contributed by atoms with van der Waals surface area (Å²) in [5.74, 6) is -0.948. The number of aromatic nitrogens is 4. The first-order valence-corrected chi connectivity index (χ1v) is 10.8. The molecule has 1 atom stereocenters. The number of amides is 1. The Kier molecular flexibility index (Phi) is 7.50. The molecule has 0 spiro atoms. The van der Waals surface area contributed by atoms with Crippen molar-refractivity contribution in [2.24, 2.45) is 19.8 Å². The summed E-state index contributed by atoms with van der Waals surface area (Å²) >= 11 is 0. The minimum atomic E-state index is -0.703. The quantitative estimate of drug-likeness (QED) is 0.545. The number of hydrogen-bond donors (Lipinski definition) is 1. The molecule has 1 amide bonds. The number of anilines is 1. The molecule has 2 N–H and O–H groups in total. The second-order valence-corrected chi connectivity index (χ2v) is 8.57. The van der Waals surface area contributed by atoms with Crippen molar-refractivity contribution in [3.63, 3.8) is 0 Å². The Morgan fingerprint density at radius 3 is 2.32 bits per heavy atom. The minimum absolute atomic E-state index is 0.0275. The molecule has 12 heteroatoms. The maximum Gasteiger partial charge on any atom is 0.332 e. The van der Waals surface area contributed by atoms with Crippen LogP contribution in [0.2, 0.25) is 0 Å². The van der Waals surface area contributed by atoms with Crippen molar-refractivity contribution in [1.29, 1.82) is 0 Å². The summed E-state index contributed by atoms with van der Waals surface area (Å²) in [5, 5.41) is 0. The van der Waals surface area contributed by atoms with Gasteiger partial charge in [0.15, 0.2) is 11.2 Å². The second kappa shape index (κ2) is 10.2. The van der Waals surface area contributed by atoms with Crippen LogP contribution in [0.5, 0.6) is 0 Å². The van der Waals surface area contributed by atoms with Gasteiger partial charge in [-0.2, -0.15) is 4.98 Å². The van der Waals surface area contributed by atoms with Crippen LogP contribution in [0.4, 0.5) is 14.7 Å².